The summed E-state index contributed by atoms with van der Waals surface area (Å²) in [5.41, 5.74) is 0.154. The van der Waals surface area contributed by atoms with Gasteiger partial charge in [-0.2, -0.15) is 0 Å². The normalized spacial score (nSPS) is 21.0. The summed E-state index contributed by atoms with van der Waals surface area (Å²) in [6.45, 7) is 3.48. The van der Waals surface area contributed by atoms with Gasteiger partial charge in [-0.25, -0.2) is 0 Å². The predicted molar refractivity (Wildman–Crippen MR) is 84.0 cm³/mol. The van der Waals surface area contributed by atoms with E-state index < -0.39 is 0 Å². The summed E-state index contributed by atoms with van der Waals surface area (Å²) in [5, 5.41) is 0. The quantitative estimate of drug-likeness (QED) is 0.848. The summed E-state index contributed by atoms with van der Waals surface area (Å²) in [7, 11) is 1.66. The number of amides is 2. The molecule has 0 aliphatic carbocycles. The molecule has 0 radical (unpaired) electrons. The molecule has 3 heterocycles. The Bertz CT molecular complexity index is 547. The van der Waals surface area contributed by atoms with Crippen LogP contribution in [0.3, 0.4) is 0 Å². The Hall–Kier alpha value is -1.82. The van der Waals surface area contributed by atoms with E-state index in [0.29, 0.717) is 25.3 Å². The van der Waals surface area contributed by atoms with Gasteiger partial charge in [0.2, 0.25) is 5.91 Å². The maximum absolute atomic E-state index is 12.3. The summed E-state index contributed by atoms with van der Waals surface area (Å²) < 4.78 is 10.3. The van der Waals surface area contributed by atoms with Gasteiger partial charge in [0.1, 0.15) is 0 Å². The molecule has 0 unspecified atom stereocenters. The molecule has 0 N–H and O–H groups in total. The lowest BCUT2D eigenvalue weighted by atomic mass is 9.72. The molecule has 2 aliphatic heterocycles. The van der Waals surface area contributed by atoms with Crippen molar-refractivity contribution in [2.45, 2.75) is 25.7 Å². The summed E-state index contributed by atoms with van der Waals surface area (Å²) in [4.78, 5) is 28.2. The highest BCUT2D eigenvalue weighted by Gasteiger charge is 2.41. The van der Waals surface area contributed by atoms with Gasteiger partial charge in [-0.05, 0) is 36.8 Å². The Labute approximate surface area is 136 Å². The first-order chi connectivity index (χ1) is 11.1. The Balaban J connectivity index is 1.59. The number of hydrogen-bond donors (Lipinski definition) is 0. The second kappa shape index (κ2) is 6.74. The van der Waals surface area contributed by atoms with Crippen LogP contribution in [-0.2, 0) is 9.53 Å². The van der Waals surface area contributed by atoms with Gasteiger partial charge in [0.25, 0.3) is 5.91 Å². The van der Waals surface area contributed by atoms with Gasteiger partial charge in [-0.3, -0.25) is 9.59 Å². The first kappa shape index (κ1) is 16.1. The van der Waals surface area contributed by atoms with Crippen LogP contribution in [0.25, 0.3) is 0 Å². The minimum absolute atomic E-state index is 0.0343. The minimum atomic E-state index is -0.0343. The second-order valence-corrected chi connectivity index (χ2v) is 6.58. The lowest BCUT2D eigenvalue weighted by molar-refractivity contribution is -0.139. The van der Waals surface area contributed by atoms with Crippen molar-refractivity contribution in [3.05, 3.63) is 24.2 Å². The van der Waals surface area contributed by atoms with E-state index in [4.69, 9.17) is 9.15 Å². The molecule has 2 fully saturated rings. The fourth-order valence-corrected chi connectivity index (χ4v) is 3.66. The lowest BCUT2D eigenvalue weighted by Crippen LogP contribution is -2.52. The molecule has 126 valence electrons. The molecular weight excluding hydrogens is 296 g/mol. The van der Waals surface area contributed by atoms with Crippen molar-refractivity contribution in [1.29, 1.82) is 0 Å². The van der Waals surface area contributed by atoms with Gasteiger partial charge >= 0.3 is 0 Å². The average molecular weight is 320 g/mol. The first-order valence-electron chi connectivity index (χ1n) is 8.23. The molecule has 2 aliphatic rings. The zero-order valence-corrected chi connectivity index (χ0v) is 13.6. The Morgan fingerprint density at radius 3 is 2.78 bits per heavy atom. The smallest absolute Gasteiger partial charge is 0.289 e. The zero-order valence-electron chi connectivity index (χ0n) is 13.6. The molecule has 2 saturated heterocycles. The van der Waals surface area contributed by atoms with Crippen LogP contribution in [0.5, 0.6) is 0 Å². The molecule has 3 rings (SSSR count). The molecule has 6 heteroatoms. The van der Waals surface area contributed by atoms with E-state index in [1.807, 2.05) is 9.80 Å². The van der Waals surface area contributed by atoms with Crippen molar-refractivity contribution in [2.24, 2.45) is 5.41 Å². The predicted octanol–water partition coefficient (Wildman–Crippen LogP) is 1.77. The van der Waals surface area contributed by atoms with Crippen molar-refractivity contribution >= 4 is 11.8 Å². The van der Waals surface area contributed by atoms with Crippen LogP contribution >= 0.6 is 0 Å². The monoisotopic (exact) mass is 320 g/mol. The van der Waals surface area contributed by atoms with E-state index in [0.717, 1.165) is 38.9 Å². The third-order valence-corrected chi connectivity index (χ3v) is 5.16. The molecule has 1 aromatic rings. The highest BCUT2D eigenvalue weighted by molar-refractivity contribution is 5.91. The number of carbonyl (C=O) groups is 2. The summed E-state index contributed by atoms with van der Waals surface area (Å²) >= 11 is 0. The van der Waals surface area contributed by atoms with E-state index in [9.17, 15) is 9.59 Å². The van der Waals surface area contributed by atoms with Gasteiger partial charge in [0.05, 0.1) is 12.9 Å². The molecule has 1 spiro atoms. The largest absolute Gasteiger partial charge is 0.459 e. The van der Waals surface area contributed by atoms with Crippen molar-refractivity contribution in [3.8, 4) is 0 Å². The van der Waals surface area contributed by atoms with Crippen molar-refractivity contribution in [3.63, 3.8) is 0 Å². The standard InChI is InChI=1S/C17H24N2O4/c1-22-12-10-19-13-17(5-4-15(19)20)6-8-18(9-7-17)16(21)14-3-2-11-23-14/h2-3,11H,4-10,12-13H2,1H3. The molecule has 23 heavy (non-hydrogen) atoms. The molecule has 2 amide bonds. The minimum Gasteiger partial charge on any atom is -0.459 e. The number of furan rings is 1. The molecule has 0 bridgehead atoms. The van der Waals surface area contributed by atoms with Crippen LogP contribution in [-0.4, -0.2) is 61.5 Å². The number of methoxy groups -OCH3 is 1. The maximum atomic E-state index is 12.3. The van der Waals surface area contributed by atoms with Gasteiger partial charge in [-0.1, -0.05) is 0 Å². The fourth-order valence-electron chi connectivity index (χ4n) is 3.66. The van der Waals surface area contributed by atoms with Crippen LogP contribution in [0.2, 0.25) is 0 Å². The van der Waals surface area contributed by atoms with E-state index in [2.05, 4.69) is 0 Å². The summed E-state index contributed by atoms with van der Waals surface area (Å²) in [6.07, 6.45) is 4.94. The van der Waals surface area contributed by atoms with E-state index >= 15 is 0 Å². The summed E-state index contributed by atoms with van der Waals surface area (Å²) in [5.74, 6) is 0.594. The van der Waals surface area contributed by atoms with Gasteiger partial charge in [-0.15, -0.1) is 0 Å². The van der Waals surface area contributed by atoms with Crippen LogP contribution in [0.15, 0.2) is 22.8 Å². The lowest BCUT2D eigenvalue weighted by Gasteiger charge is -2.47. The Kier molecular flexibility index (Phi) is 4.71. The van der Waals surface area contributed by atoms with Crippen LogP contribution < -0.4 is 0 Å². The topological polar surface area (TPSA) is 63.0 Å². The van der Waals surface area contributed by atoms with Gasteiger partial charge in [0, 0.05) is 39.7 Å². The van der Waals surface area contributed by atoms with E-state index in [-0.39, 0.29) is 17.2 Å². The number of carbonyl (C=O) groups excluding carboxylic acids is 2. The Morgan fingerprint density at radius 2 is 2.13 bits per heavy atom. The molecular formula is C17H24N2O4. The molecule has 0 aromatic carbocycles. The third-order valence-electron chi connectivity index (χ3n) is 5.16. The van der Waals surface area contributed by atoms with Gasteiger partial charge < -0.3 is 19.0 Å². The van der Waals surface area contributed by atoms with Crippen molar-refractivity contribution in [2.75, 3.05) is 39.9 Å². The second-order valence-electron chi connectivity index (χ2n) is 6.58. The molecule has 0 atom stereocenters. The average Bonchev–Trinajstić information content (AvgIpc) is 3.11. The van der Waals surface area contributed by atoms with Crippen molar-refractivity contribution in [1.82, 2.24) is 9.80 Å². The number of ether oxygens (including phenoxy) is 1. The van der Waals surface area contributed by atoms with Crippen LogP contribution in [0.4, 0.5) is 0 Å². The number of hydrogen-bond acceptors (Lipinski definition) is 4. The third kappa shape index (κ3) is 3.42. The van der Waals surface area contributed by atoms with Crippen LogP contribution in [0.1, 0.15) is 36.2 Å². The first-order valence-corrected chi connectivity index (χ1v) is 8.23. The van der Waals surface area contributed by atoms with E-state index in [1.54, 1.807) is 19.2 Å². The molecule has 1 aromatic heterocycles. The van der Waals surface area contributed by atoms with Crippen LogP contribution in [0, 0.1) is 5.41 Å². The highest BCUT2D eigenvalue weighted by atomic mass is 16.5. The number of piperidine rings is 2. The molecule has 6 nitrogen and oxygen atoms in total. The van der Waals surface area contributed by atoms with Gasteiger partial charge in [0.15, 0.2) is 5.76 Å². The molecule has 0 saturated carbocycles. The number of likely N-dealkylation sites (tertiary alicyclic amines) is 2. The van der Waals surface area contributed by atoms with Crippen molar-refractivity contribution < 1.29 is 18.7 Å². The highest BCUT2D eigenvalue weighted by Crippen LogP contribution is 2.40. The Morgan fingerprint density at radius 1 is 1.35 bits per heavy atom. The summed E-state index contributed by atoms with van der Waals surface area (Å²) in [6, 6.07) is 3.44. The maximum Gasteiger partial charge on any atom is 0.289 e. The number of rotatable bonds is 4. The van der Waals surface area contributed by atoms with E-state index in [1.165, 1.54) is 6.26 Å². The number of nitrogens with zero attached hydrogens (tertiary/aromatic N) is 2. The zero-order chi connectivity index (χ0) is 16.3. The fraction of sp³-hybridized carbons (Fsp3) is 0.647. The SMILES string of the molecule is COCCN1CC2(CCC1=O)CCN(C(=O)c1ccco1)CC2.